The minimum Gasteiger partial charge on any atom is -0.462 e. The molecule has 0 fully saturated rings. The molecule has 0 amide bonds. The van der Waals surface area contributed by atoms with Crippen LogP contribution in [0.15, 0.2) is 0 Å². The van der Waals surface area contributed by atoms with E-state index in [1.807, 2.05) is 0 Å². The largest absolute Gasteiger partial charge is 0.472 e. The second-order valence-corrected chi connectivity index (χ2v) is 26.5. The first-order valence-electron chi connectivity index (χ1n) is 33.6. The lowest BCUT2D eigenvalue weighted by atomic mass is 10.0. The number of carbonyl (C=O) groups is 4. The van der Waals surface area contributed by atoms with Crippen LogP contribution in [0.1, 0.15) is 324 Å². The van der Waals surface area contributed by atoms with Crippen molar-refractivity contribution in [3.63, 3.8) is 0 Å². The zero-order chi connectivity index (χ0) is 61.3. The van der Waals surface area contributed by atoms with Gasteiger partial charge in [-0.25, -0.2) is 9.13 Å². The van der Waals surface area contributed by atoms with Gasteiger partial charge >= 0.3 is 39.5 Å². The second kappa shape index (κ2) is 57.8. The number of aliphatic hydroxyl groups excluding tert-OH is 1. The van der Waals surface area contributed by atoms with Gasteiger partial charge in [0.25, 0.3) is 0 Å². The first-order valence-corrected chi connectivity index (χ1v) is 36.6. The molecule has 492 valence electrons. The Morgan fingerprint density at radius 3 is 0.819 bits per heavy atom. The SMILES string of the molecule is CCCCCCCCCCCCCCCC(=O)OC[C@H](COP(=O)(O)OC[C@@H](O)COP(=O)(O)OC[C@@H](COC(=O)CCCCCCCCC)OC(=O)CCCCCCCCCCC)OC(=O)CCCCCCCCCCCCCC(C)C. The summed E-state index contributed by atoms with van der Waals surface area (Å²) in [5.74, 6) is -1.37. The molecule has 0 rings (SSSR count). The van der Waals surface area contributed by atoms with Gasteiger partial charge in [-0.1, -0.05) is 272 Å². The van der Waals surface area contributed by atoms with E-state index in [0.29, 0.717) is 25.7 Å². The van der Waals surface area contributed by atoms with E-state index in [-0.39, 0.29) is 25.7 Å². The van der Waals surface area contributed by atoms with Gasteiger partial charge in [0.1, 0.15) is 19.3 Å². The molecule has 0 aromatic carbocycles. The number of rotatable bonds is 64. The smallest absolute Gasteiger partial charge is 0.462 e. The molecule has 2 unspecified atom stereocenters. The lowest BCUT2D eigenvalue weighted by Gasteiger charge is -2.21. The maximum atomic E-state index is 13.0. The number of esters is 4. The van der Waals surface area contributed by atoms with Crippen molar-refractivity contribution in [2.75, 3.05) is 39.6 Å². The van der Waals surface area contributed by atoms with Gasteiger partial charge in [0, 0.05) is 25.7 Å². The third kappa shape index (κ3) is 58.8. The molecule has 0 saturated heterocycles. The summed E-state index contributed by atoms with van der Waals surface area (Å²) in [6.07, 6.45) is 41.7. The van der Waals surface area contributed by atoms with Crippen molar-refractivity contribution in [1.82, 2.24) is 0 Å². The molecule has 0 aliphatic rings. The van der Waals surface area contributed by atoms with Crippen LogP contribution in [-0.4, -0.2) is 96.7 Å². The molecule has 0 aliphatic heterocycles. The predicted molar refractivity (Wildman–Crippen MR) is 331 cm³/mol. The van der Waals surface area contributed by atoms with Crippen LogP contribution in [0.5, 0.6) is 0 Å². The fourth-order valence-electron chi connectivity index (χ4n) is 9.58. The van der Waals surface area contributed by atoms with Crippen LogP contribution in [0.2, 0.25) is 0 Å². The average molecular weight is 1230 g/mol. The number of hydrogen-bond donors (Lipinski definition) is 3. The predicted octanol–water partition coefficient (Wildman–Crippen LogP) is 17.8. The Labute approximate surface area is 505 Å². The fraction of sp³-hybridized carbons (Fsp3) is 0.938. The van der Waals surface area contributed by atoms with Crippen LogP contribution < -0.4 is 0 Å². The number of unbranched alkanes of at least 4 members (excludes halogenated alkanes) is 36. The molecule has 19 heteroatoms. The van der Waals surface area contributed by atoms with Crippen molar-refractivity contribution in [1.29, 1.82) is 0 Å². The first-order chi connectivity index (χ1) is 40.0. The summed E-state index contributed by atoms with van der Waals surface area (Å²) in [5.41, 5.74) is 0. The molecule has 83 heavy (non-hydrogen) atoms. The molecule has 17 nitrogen and oxygen atoms in total. The number of phosphoric acid groups is 2. The van der Waals surface area contributed by atoms with Crippen LogP contribution in [0, 0.1) is 5.92 Å². The first kappa shape index (κ1) is 81.1. The van der Waals surface area contributed by atoms with Crippen molar-refractivity contribution in [3.8, 4) is 0 Å². The van der Waals surface area contributed by atoms with Crippen LogP contribution in [0.3, 0.4) is 0 Å². The molecular formula is C64H124O17P2. The van der Waals surface area contributed by atoms with Gasteiger partial charge in [-0.05, 0) is 31.6 Å². The Kier molecular flexibility index (Phi) is 56.4. The van der Waals surface area contributed by atoms with Crippen LogP contribution in [0.4, 0.5) is 0 Å². The third-order valence-electron chi connectivity index (χ3n) is 14.8. The third-order valence-corrected chi connectivity index (χ3v) is 16.7. The molecule has 0 saturated carbocycles. The van der Waals surface area contributed by atoms with Crippen molar-refractivity contribution >= 4 is 39.5 Å². The van der Waals surface area contributed by atoms with E-state index in [9.17, 15) is 43.2 Å². The summed E-state index contributed by atoms with van der Waals surface area (Å²) < 4.78 is 67.9. The average Bonchev–Trinajstić information content (AvgIpc) is 3.50. The number of ether oxygens (including phenoxy) is 4. The Morgan fingerprint density at radius 1 is 0.325 bits per heavy atom. The van der Waals surface area contributed by atoms with Gasteiger partial charge in [0.2, 0.25) is 0 Å². The van der Waals surface area contributed by atoms with Crippen molar-refractivity contribution in [3.05, 3.63) is 0 Å². The van der Waals surface area contributed by atoms with Gasteiger partial charge in [-0.15, -0.1) is 0 Å². The highest BCUT2D eigenvalue weighted by Crippen LogP contribution is 2.45. The van der Waals surface area contributed by atoms with Gasteiger partial charge in [-0.3, -0.25) is 37.3 Å². The molecule has 3 N–H and O–H groups in total. The summed E-state index contributed by atoms with van der Waals surface area (Å²) in [5, 5.41) is 10.5. The van der Waals surface area contributed by atoms with Gasteiger partial charge < -0.3 is 33.8 Å². The summed E-state index contributed by atoms with van der Waals surface area (Å²) >= 11 is 0. The zero-order valence-electron chi connectivity index (χ0n) is 53.3. The van der Waals surface area contributed by atoms with E-state index < -0.39 is 97.5 Å². The molecule has 0 aromatic rings. The van der Waals surface area contributed by atoms with Crippen molar-refractivity contribution in [2.45, 2.75) is 342 Å². The monoisotopic (exact) mass is 1230 g/mol. The highest BCUT2D eigenvalue weighted by molar-refractivity contribution is 7.47. The van der Waals surface area contributed by atoms with Crippen LogP contribution in [-0.2, 0) is 65.4 Å². The summed E-state index contributed by atoms with van der Waals surface area (Å²) in [6.45, 7) is 7.15. The fourth-order valence-corrected chi connectivity index (χ4v) is 11.2. The Hall–Kier alpha value is -1.94. The second-order valence-electron chi connectivity index (χ2n) is 23.6. The highest BCUT2D eigenvalue weighted by Gasteiger charge is 2.30. The minimum atomic E-state index is -4.94. The standard InChI is InChI=1S/C64H124O17P2/c1-6-9-12-15-18-20-21-22-25-29-33-38-43-48-62(67)75-54-60(81-64(69)50-45-40-35-30-26-23-24-28-32-36-41-46-57(4)5)56-79-83(72,73)77-52-58(65)51-76-82(70,71)78-55-59(53-74-61(66)47-42-37-31-17-14-11-8-3)80-63(68)49-44-39-34-27-19-16-13-10-7-2/h57-60,65H,6-56H2,1-5H3,(H,70,71)(H,72,73)/t58-,59+,60+/m0/s1. The maximum absolute atomic E-state index is 13.0. The number of hydrogen-bond acceptors (Lipinski definition) is 15. The Balaban J connectivity index is 5.20. The summed E-state index contributed by atoms with van der Waals surface area (Å²) in [4.78, 5) is 72.1. The maximum Gasteiger partial charge on any atom is 0.472 e. The van der Waals surface area contributed by atoms with E-state index >= 15 is 0 Å². The molecule has 0 radical (unpaired) electrons. The van der Waals surface area contributed by atoms with E-state index in [1.165, 1.54) is 135 Å². The highest BCUT2D eigenvalue weighted by atomic mass is 31.2. The quantitative estimate of drug-likeness (QED) is 0.0222. The molecule has 0 heterocycles. The normalized spacial score (nSPS) is 14.2. The van der Waals surface area contributed by atoms with Crippen LogP contribution >= 0.6 is 15.6 Å². The molecule has 0 aromatic heterocycles. The number of carbonyl (C=O) groups excluding carboxylic acids is 4. The molecule has 0 bridgehead atoms. The van der Waals surface area contributed by atoms with E-state index in [1.54, 1.807) is 0 Å². The molecular weight excluding hydrogens is 1100 g/mol. The van der Waals surface area contributed by atoms with Gasteiger partial charge in [0.05, 0.1) is 26.4 Å². The Morgan fingerprint density at radius 2 is 0.554 bits per heavy atom. The molecule has 0 aliphatic carbocycles. The van der Waals surface area contributed by atoms with Gasteiger partial charge in [0.15, 0.2) is 12.2 Å². The lowest BCUT2D eigenvalue weighted by molar-refractivity contribution is -0.161. The minimum absolute atomic E-state index is 0.105. The topological polar surface area (TPSA) is 237 Å². The Bertz CT molecular complexity index is 1620. The molecule has 5 atom stereocenters. The number of aliphatic hydroxyl groups is 1. The van der Waals surface area contributed by atoms with E-state index in [0.717, 1.165) is 109 Å². The zero-order valence-corrected chi connectivity index (χ0v) is 55.1. The van der Waals surface area contributed by atoms with Gasteiger partial charge in [-0.2, -0.15) is 0 Å². The summed E-state index contributed by atoms with van der Waals surface area (Å²) in [6, 6.07) is 0. The van der Waals surface area contributed by atoms with E-state index in [4.69, 9.17) is 37.0 Å². The van der Waals surface area contributed by atoms with Crippen LogP contribution in [0.25, 0.3) is 0 Å². The summed E-state index contributed by atoms with van der Waals surface area (Å²) in [7, 11) is -9.88. The van der Waals surface area contributed by atoms with E-state index in [2.05, 4.69) is 34.6 Å². The molecule has 0 spiro atoms. The lowest BCUT2D eigenvalue weighted by Crippen LogP contribution is -2.30. The van der Waals surface area contributed by atoms with Crippen molar-refractivity contribution in [2.24, 2.45) is 5.92 Å². The number of phosphoric ester groups is 2. The van der Waals surface area contributed by atoms with Crippen molar-refractivity contribution < 1.29 is 80.2 Å².